The van der Waals surface area contributed by atoms with E-state index in [9.17, 15) is 9.90 Å². The standard InChI is InChI=1S/C7H18NO.C5H10O2/c1-5-8(3,6-2)7-9-4;1-2-3-4-5(6)7/h5-7H2,1-4H3;2-4H2,1H3,(H,6,7)/q+1;/p-1. The summed E-state index contributed by atoms with van der Waals surface area (Å²) >= 11 is 0. The Morgan fingerprint density at radius 3 is 1.88 bits per heavy atom. The van der Waals surface area contributed by atoms with Crippen LogP contribution in [0.4, 0.5) is 0 Å². The summed E-state index contributed by atoms with van der Waals surface area (Å²) in [7, 11) is 3.95. The van der Waals surface area contributed by atoms with Gasteiger partial charge in [0.1, 0.15) is 0 Å². The molecule has 0 atom stereocenters. The number of hydrogen-bond acceptors (Lipinski definition) is 3. The summed E-state index contributed by atoms with van der Waals surface area (Å²) in [6.07, 6.45) is 1.87. The molecular formula is C12H27NO3. The number of aliphatic carboxylic acids is 1. The van der Waals surface area contributed by atoms with Crippen LogP contribution in [0.3, 0.4) is 0 Å². The van der Waals surface area contributed by atoms with Gasteiger partial charge < -0.3 is 19.1 Å². The molecular weight excluding hydrogens is 206 g/mol. The molecule has 0 spiro atoms. The predicted octanol–water partition coefficient (Wildman–Crippen LogP) is 1.00. The molecule has 0 saturated heterocycles. The van der Waals surface area contributed by atoms with Crippen molar-refractivity contribution in [2.75, 3.05) is 34.0 Å². The number of hydrogen-bond donors (Lipinski definition) is 0. The minimum Gasteiger partial charge on any atom is -0.550 e. The van der Waals surface area contributed by atoms with E-state index in [0.717, 1.165) is 37.1 Å². The van der Waals surface area contributed by atoms with Gasteiger partial charge in [0.15, 0.2) is 6.73 Å². The van der Waals surface area contributed by atoms with Crippen LogP contribution in [-0.2, 0) is 9.53 Å². The second-order valence-corrected chi connectivity index (χ2v) is 4.15. The first-order valence-corrected chi connectivity index (χ1v) is 5.98. The van der Waals surface area contributed by atoms with Gasteiger partial charge in [0.2, 0.25) is 0 Å². The Kier molecular flexibility index (Phi) is 12.1. The number of carbonyl (C=O) groups is 1. The summed E-state index contributed by atoms with van der Waals surface area (Å²) in [6.45, 7) is 9.43. The maximum absolute atomic E-state index is 9.65. The normalized spacial score (nSPS) is 10.6. The molecule has 0 aromatic rings. The predicted molar refractivity (Wildman–Crippen MR) is 63.7 cm³/mol. The van der Waals surface area contributed by atoms with Crippen molar-refractivity contribution in [2.24, 2.45) is 0 Å². The van der Waals surface area contributed by atoms with Gasteiger partial charge >= 0.3 is 0 Å². The quantitative estimate of drug-likeness (QED) is 0.487. The first-order valence-electron chi connectivity index (χ1n) is 5.98. The van der Waals surface area contributed by atoms with Crippen molar-refractivity contribution in [3.8, 4) is 0 Å². The number of unbranched alkanes of at least 4 members (excludes halogenated alkanes) is 1. The van der Waals surface area contributed by atoms with Crippen LogP contribution in [0.5, 0.6) is 0 Å². The van der Waals surface area contributed by atoms with E-state index < -0.39 is 5.97 Å². The van der Waals surface area contributed by atoms with E-state index in [1.165, 1.54) is 0 Å². The Bertz CT molecular complexity index is 168. The van der Waals surface area contributed by atoms with Gasteiger partial charge in [-0.2, -0.15) is 0 Å². The average molecular weight is 233 g/mol. The Hall–Kier alpha value is -0.610. The fraction of sp³-hybridized carbons (Fsp3) is 0.917. The van der Waals surface area contributed by atoms with Gasteiger partial charge in [0, 0.05) is 13.1 Å². The van der Waals surface area contributed by atoms with Crippen LogP contribution in [0.15, 0.2) is 0 Å². The summed E-state index contributed by atoms with van der Waals surface area (Å²) in [5, 5.41) is 9.65. The molecule has 98 valence electrons. The SMILES string of the molecule is CCCCC(=O)[O-].CC[N+](C)(CC)COC. The Morgan fingerprint density at radius 1 is 1.25 bits per heavy atom. The number of nitrogens with zero attached hydrogens (tertiary/aromatic N) is 1. The largest absolute Gasteiger partial charge is 0.550 e. The molecule has 0 N–H and O–H groups in total. The van der Waals surface area contributed by atoms with Gasteiger partial charge in [-0.1, -0.05) is 13.3 Å². The average Bonchev–Trinajstić information content (AvgIpc) is 2.27. The van der Waals surface area contributed by atoms with Gasteiger partial charge in [-0.3, -0.25) is 0 Å². The molecule has 0 fully saturated rings. The molecule has 0 heterocycles. The van der Waals surface area contributed by atoms with Crippen molar-refractivity contribution in [2.45, 2.75) is 40.0 Å². The molecule has 0 amide bonds. The van der Waals surface area contributed by atoms with Gasteiger partial charge in [0.05, 0.1) is 20.1 Å². The van der Waals surface area contributed by atoms with Crippen LogP contribution in [0.1, 0.15) is 40.0 Å². The molecule has 0 saturated carbocycles. The Morgan fingerprint density at radius 2 is 1.75 bits per heavy atom. The highest BCUT2D eigenvalue weighted by Gasteiger charge is 2.14. The number of ether oxygens (including phenoxy) is 1. The van der Waals surface area contributed by atoms with Crippen molar-refractivity contribution in [1.29, 1.82) is 0 Å². The van der Waals surface area contributed by atoms with E-state index in [-0.39, 0.29) is 6.42 Å². The van der Waals surface area contributed by atoms with Gasteiger partial charge in [-0.05, 0) is 26.7 Å². The van der Waals surface area contributed by atoms with Crippen molar-refractivity contribution in [3.63, 3.8) is 0 Å². The highest BCUT2D eigenvalue weighted by atomic mass is 16.5. The molecule has 0 aliphatic carbocycles. The van der Waals surface area contributed by atoms with Crippen LogP contribution in [0, 0.1) is 0 Å². The van der Waals surface area contributed by atoms with E-state index in [1.807, 2.05) is 6.92 Å². The third kappa shape index (κ3) is 11.5. The van der Waals surface area contributed by atoms with Gasteiger partial charge in [-0.25, -0.2) is 0 Å². The third-order valence-corrected chi connectivity index (χ3v) is 2.70. The number of carboxylic acid groups (broad SMARTS) is 1. The maximum Gasteiger partial charge on any atom is 0.182 e. The van der Waals surface area contributed by atoms with Crippen LogP contribution in [-0.4, -0.2) is 44.4 Å². The number of methoxy groups -OCH3 is 1. The zero-order valence-corrected chi connectivity index (χ0v) is 11.4. The summed E-state index contributed by atoms with van der Waals surface area (Å²) in [4.78, 5) is 9.65. The third-order valence-electron chi connectivity index (χ3n) is 2.70. The first-order chi connectivity index (χ1) is 7.45. The molecule has 0 aromatic heterocycles. The van der Waals surface area contributed by atoms with E-state index >= 15 is 0 Å². The molecule has 0 aromatic carbocycles. The Balaban J connectivity index is 0. The highest BCUT2D eigenvalue weighted by Crippen LogP contribution is 1.99. The monoisotopic (exact) mass is 233 g/mol. The first kappa shape index (κ1) is 17.8. The van der Waals surface area contributed by atoms with E-state index in [1.54, 1.807) is 7.11 Å². The molecule has 0 radical (unpaired) electrons. The van der Waals surface area contributed by atoms with E-state index in [0.29, 0.717) is 0 Å². The Labute approximate surface area is 99.8 Å². The zero-order chi connectivity index (χ0) is 13.0. The van der Waals surface area contributed by atoms with E-state index in [4.69, 9.17) is 4.74 Å². The second kappa shape index (κ2) is 10.9. The smallest absolute Gasteiger partial charge is 0.182 e. The molecule has 4 heteroatoms. The van der Waals surface area contributed by atoms with Crippen molar-refractivity contribution in [1.82, 2.24) is 0 Å². The van der Waals surface area contributed by atoms with Crippen LogP contribution in [0.25, 0.3) is 0 Å². The van der Waals surface area contributed by atoms with Crippen LogP contribution in [0.2, 0.25) is 0 Å². The summed E-state index contributed by atoms with van der Waals surface area (Å²) in [5.74, 6) is -0.943. The summed E-state index contributed by atoms with van der Waals surface area (Å²) < 4.78 is 6.07. The lowest BCUT2D eigenvalue weighted by molar-refractivity contribution is -0.924. The minimum atomic E-state index is -0.943. The fourth-order valence-corrected chi connectivity index (χ4v) is 1.04. The number of carbonyl (C=O) groups excluding carboxylic acids is 1. The topological polar surface area (TPSA) is 49.4 Å². The molecule has 0 aliphatic rings. The summed E-state index contributed by atoms with van der Waals surface area (Å²) in [5.41, 5.74) is 0. The molecule has 0 unspecified atom stereocenters. The van der Waals surface area contributed by atoms with Crippen LogP contribution < -0.4 is 5.11 Å². The zero-order valence-electron chi connectivity index (χ0n) is 11.4. The molecule has 0 bridgehead atoms. The van der Waals surface area contributed by atoms with Gasteiger partial charge in [0.25, 0.3) is 0 Å². The van der Waals surface area contributed by atoms with Crippen LogP contribution >= 0.6 is 0 Å². The second-order valence-electron chi connectivity index (χ2n) is 4.15. The molecule has 4 nitrogen and oxygen atoms in total. The fourth-order valence-electron chi connectivity index (χ4n) is 1.04. The highest BCUT2D eigenvalue weighted by molar-refractivity contribution is 5.63. The maximum atomic E-state index is 9.65. The van der Waals surface area contributed by atoms with Crippen molar-refractivity contribution >= 4 is 5.97 Å². The van der Waals surface area contributed by atoms with E-state index in [2.05, 4.69) is 20.9 Å². The van der Waals surface area contributed by atoms with Gasteiger partial charge in [-0.15, -0.1) is 0 Å². The number of rotatable bonds is 7. The lowest BCUT2D eigenvalue weighted by atomic mass is 10.3. The number of carboxylic acids is 1. The molecule has 0 aliphatic heterocycles. The minimum absolute atomic E-state index is 0.205. The van der Waals surface area contributed by atoms with Crippen molar-refractivity contribution < 1.29 is 19.1 Å². The molecule has 16 heavy (non-hydrogen) atoms. The summed E-state index contributed by atoms with van der Waals surface area (Å²) in [6, 6.07) is 0. The van der Waals surface area contributed by atoms with Crippen molar-refractivity contribution in [3.05, 3.63) is 0 Å². The lowest BCUT2D eigenvalue weighted by Gasteiger charge is -2.30. The number of quaternary nitrogens is 1. The lowest BCUT2D eigenvalue weighted by Crippen LogP contribution is -2.44. The molecule has 0 rings (SSSR count).